The third-order valence-corrected chi connectivity index (χ3v) is 6.01. The Bertz CT molecular complexity index is 1520. The number of pyridine rings is 1. The number of nitrogens with one attached hydrogen (secondary N) is 1. The van der Waals surface area contributed by atoms with Gasteiger partial charge in [0.15, 0.2) is 0 Å². The normalized spacial score (nSPS) is 12.6. The van der Waals surface area contributed by atoms with Gasteiger partial charge in [-0.3, -0.25) is 9.78 Å². The highest BCUT2D eigenvalue weighted by atomic mass is 19.1. The van der Waals surface area contributed by atoms with Crippen LogP contribution in [0.4, 0.5) is 4.39 Å². The van der Waals surface area contributed by atoms with Crippen LogP contribution in [0.15, 0.2) is 97.3 Å². The van der Waals surface area contributed by atoms with E-state index in [1.165, 1.54) is 12.1 Å². The molecular weight excluding hydrogens is 471 g/mol. The number of carbonyl (C=O) groups excluding carboxylic acids is 1. The van der Waals surface area contributed by atoms with Gasteiger partial charge in [0.05, 0.1) is 30.6 Å². The third-order valence-electron chi connectivity index (χ3n) is 6.01. The lowest BCUT2D eigenvalue weighted by Gasteiger charge is -2.27. The number of fused-ring (bicyclic) bond motifs is 1. The van der Waals surface area contributed by atoms with Crippen molar-refractivity contribution >= 4 is 16.8 Å². The molecule has 0 bridgehead atoms. The molecule has 7 nitrogen and oxygen atoms in total. The van der Waals surface area contributed by atoms with E-state index < -0.39 is 12.1 Å². The lowest BCUT2D eigenvalue weighted by atomic mass is 10.0. The van der Waals surface area contributed by atoms with Crippen LogP contribution in [-0.2, 0) is 0 Å². The number of hydrogen-bond acceptors (Lipinski definition) is 5. The summed E-state index contributed by atoms with van der Waals surface area (Å²) in [5, 5.41) is 8.33. The molecule has 2 atom stereocenters. The molecule has 0 aliphatic rings. The first-order valence-electron chi connectivity index (χ1n) is 11.8. The minimum Gasteiger partial charge on any atom is -0.497 e. The number of amides is 1. The Kier molecular flexibility index (Phi) is 6.81. The molecule has 1 amide bonds. The molecule has 5 rings (SSSR count). The molecule has 3 aromatic carbocycles. The van der Waals surface area contributed by atoms with E-state index in [2.05, 4.69) is 15.4 Å². The zero-order valence-electron chi connectivity index (χ0n) is 20.3. The summed E-state index contributed by atoms with van der Waals surface area (Å²) in [4.78, 5) is 16.9. The average molecular weight is 497 g/mol. The highest BCUT2D eigenvalue weighted by Crippen LogP contribution is 2.30. The van der Waals surface area contributed by atoms with Crippen LogP contribution in [0.3, 0.4) is 0 Å². The van der Waals surface area contributed by atoms with Crippen molar-refractivity contribution in [3.63, 3.8) is 0 Å². The molecule has 0 saturated heterocycles. The van der Waals surface area contributed by atoms with E-state index in [4.69, 9.17) is 9.47 Å². The molecule has 0 spiro atoms. The first-order valence-corrected chi connectivity index (χ1v) is 11.8. The quantitative estimate of drug-likeness (QED) is 0.307. The lowest BCUT2D eigenvalue weighted by Crippen LogP contribution is -2.39. The number of methoxy groups -OCH3 is 1. The molecule has 2 aromatic heterocycles. The molecule has 0 aliphatic heterocycles. The van der Waals surface area contributed by atoms with Crippen LogP contribution in [0, 0.1) is 5.82 Å². The second-order valence-electron chi connectivity index (χ2n) is 8.55. The van der Waals surface area contributed by atoms with E-state index in [1.54, 1.807) is 54.5 Å². The zero-order chi connectivity index (χ0) is 25.8. The van der Waals surface area contributed by atoms with Gasteiger partial charge < -0.3 is 14.8 Å². The van der Waals surface area contributed by atoms with Crippen molar-refractivity contribution in [2.24, 2.45) is 0 Å². The number of aromatic nitrogens is 3. The number of rotatable bonds is 8. The number of nitrogens with zero attached hydrogens (tertiary/aromatic N) is 3. The van der Waals surface area contributed by atoms with Gasteiger partial charge in [-0.15, -0.1) is 0 Å². The summed E-state index contributed by atoms with van der Waals surface area (Å²) in [7, 11) is 1.61. The zero-order valence-corrected chi connectivity index (χ0v) is 20.3. The second-order valence-corrected chi connectivity index (χ2v) is 8.55. The van der Waals surface area contributed by atoms with Crippen molar-refractivity contribution in [1.29, 1.82) is 0 Å². The maximum atomic E-state index is 13.4. The van der Waals surface area contributed by atoms with Crippen LogP contribution < -0.4 is 14.8 Å². The van der Waals surface area contributed by atoms with Crippen LogP contribution >= 0.6 is 0 Å². The van der Waals surface area contributed by atoms with E-state index >= 15 is 0 Å². The van der Waals surface area contributed by atoms with Gasteiger partial charge in [-0.05, 0) is 79.2 Å². The first kappa shape index (κ1) is 24.0. The maximum absolute atomic E-state index is 13.4. The Balaban J connectivity index is 1.44. The molecule has 8 heteroatoms. The minimum absolute atomic E-state index is 0.291. The fourth-order valence-electron chi connectivity index (χ4n) is 4.15. The van der Waals surface area contributed by atoms with E-state index in [9.17, 15) is 9.18 Å². The van der Waals surface area contributed by atoms with Gasteiger partial charge in [0.25, 0.3) is 5.91 Å². The van der Waals surface area contributed by atoms with Crippen LogP contribution in [0.1, 0.15) is 29.1 Å². The Morgan fingerprint density at radius 1 is 0.973 bits per heavy atom. The molecule has 0 radical (unpaired) electrons. The van der Waals surface area contributed by atoms with Gasteiger partial charge >= 0.3 is 0 Å². The molecule has 186 valence electrons. The van der Waals surface area contributed by atoms with Gasteiger partial charge in [0, 0.05) is 11.6 Å². The molecule has 0 unspecified atom stereocenters. The SMILES string of the molecule is COc1cccc([C@H](Oc2ccc3c(cnn3-c3ccc(F)cc3)c2)[C@H](C)NC(=O)c2ccccn2)c1. The van der Waals surface area contributed by atoms with Crippen molar-refractivity contribution in [1.82, 2.24) is 20.1 Å². The van der Waals surface area contributed by atoms with Crippen LogP contribution in [-0.4, -0.2) is 33.8 Å². The topological polar surface area (TPSA) is 78.3 Å². The molecule has 0 saturated carbocycles. The standard InChI is InChI=1S/C29H25FN4O3/c1-19(33-29(35)26-8-3-4-15-31-26)28(20-6-5-7-24(16-20)36-2)37-25-13-14-27-21(17-25)18-32-34(27)23-11-9-22(30)10-12-23/h3-19,28H,1-2H3,(H,33,35)/t19-,28+/m0/s1. The number of ether oxygens (including phenoxy) is 2. The van der Waals surface area contributed by atoms with Gasteiger partial charge in [-0.2, -0.15) is 5.10 Å². The van der Waals surface area contributed by atoms with Crippen molar-refractivity contribution in [3.05, 3.63) is 114 Å². The largest absolute Gasteiger partial charge is 0.497 e. The predicted octanol–water partition coefficient (Wildman–Crippen LogP) is 5.51. The van der Waals surface area contributed by atoms with Crippen molar-refractivity contribution in [2.75, 3.05) is 7.11 Å². The van der Waals surface area contributed by atoms with Gasteiger partial charge in [-0.25, -0.2) is 9.07 Å². The Morgan fingerprint density at radius 2 is 1.81 bits per heavy atom. The van der Waals surface area contributed by atoms with Crippen molar-refractivity contribution < 1.29 is 18.7 Å². The van der Waals surface area contributed by atoms with Gasteiger partial charge in [0.1, 0.15) is 29.1 Å². The first-order chi connectivity index (χ1) is 18.0. The minimum atomic E-state index is -0.521. The summed E-state index contributed by atoms with van der Waals surface area (Å²) in [6.07, 6.45) is 2.79. The highest BCUT2D eigenvalue weighted by molar-refractivity contribution is 5.92. The molecule has 0 fully saturated rings. The summed E-state index contributed by atoms with van der Waals surface area (Å²) in [6.45, 7) is 1.88. The van der Waals surface area contributed by atoms with Crippen molar-refractivity contribution in [3.8, 4) is 17.2 Å². The number of hydrogen-bond donors (Lipinski definition) is 1. The fourth-order valence-corrected chi connectivity index (χ4v) is 4.15. The van der Waals surface area contributed by atoms with Crippen LogP contribution in [0.2, 0.25) is 0 Å². The third kappa shape index (κ3) is 5.28. The molecule has 5 aromatic rings. The Labute approximate surface area is 213 Å². The van der Waals surface area contributed by atoms with E-state index in [0.29, 0.717) is 17.2 Å². The predicted molar refractivity (Wildman–Crippen MR) is 139 cm³/mol. The van der Waals surface area contributed by atoms with E-state index in [-0.39, 0.29) is 11.7 Å². The molecule has 2 heterocycles. The molecule has 1 N–H and O–H groups in total. The summed E-state index contributed by atoms with van der Waals surface area (Å²) < 4.78 is 27.0. The van der Waals surface area contributed by atoms with Crippen molar-refractivity contribution in [2.45, 2.75) is 19.1 Å². The number of halogens is 1. The summed E-state index contributed by atoms with van der Waals surface area (Å²) in [5.74, 6) is 0.702. The van der Waals surface area contributed by atoms with Gasteiger partial charge in [-0.1, -0.05) is 18.2 Å². The maximum Gasteiger partial charge on any atom is 0.270 e. The second kappa shape index (κ2) is 10.5. The summed E-state index contributed by atoms with van der Waals surface area (Å²) >= 11 is 0. The lowest BCUT2D eigenvalue weighted by molar-refractivity contribution is 0.0877. The smallest absolute Gasteiger partial charge is 0.270 e. The summed E-state index contributed by atoms with van der Waals surface area (Å²) in [5.41, 5.74) is 2.78. The summed E-state index contributed by atoms with van der Waals surface area (Å²) in [6, 6.07) is 24.2. The van der Waals surface area contributed by atoms with Crippen LogP contribution in [0.25, 0.3) is 16.6 Å². The number of carbonyl (C=O) groups is 1. The monoisotopic (exact) mass is 496 g/mol. The molecule has 0 aliphatic carbocycles. The van der Waals surface area contributed by atoms with Gasteiger partial charge in [0.2, 0.25) is 0 Å². The average Bonchev–Trinajstić information content (AvgIpc) is 3.36. The fraction of sp³-hybridized carbons (Fsp3) is 0.138. The van der Waals surface area contributed by atoms with E-state index in [1.807, 2.05) is 49.4 Å². The molecule has 37 heavy (non-hydrogen) atoms. The van der Waals surface area contributed by atoms with E-state index in [0.717, 1.165) is 22.2 Å². The Hall–Kier alpha value is -4.72. The molecular formula is C29H25FN4O3. The number of benzene rings is 3. The van der Waals surface area contributed by atoms with Crippen LogP contribution in [0.5, 0.6) is 11.5 Å². The Morgan fingerprint density at radius 3 is 2.57 bits per heavy atom. The highest BCUT2D eigenvalue weighted by Gasteiger charge is 2.25.